The molecule has 0 saturated carbocycles. The lowest BCUT2D eigenvalue weighted by Crippen LogP contribution is -2.63. The highest BCUT2D eigenvalue weighted by atomic mass is 79.9. The van der Waals surface area contributed by atoms with Crippen molar-refractivity contribution in [2.75, 3.05) is 5.33 Å². The summed E-state index contributed by atoms with van der Waals surface area (Å²) < 4.78 is 11.3. The topological polar surface area (TPSA) is 74.7 Å². The fourth-order valence-corrected chi connectivity index (χ4v) is 5.27. The number of amides is 1. The Morgan fingerprint density at radius 1 is 1.62 bits per heavy atom. The van der Waals surface area contributed by atoms with Crippen molar-refractivity contribution in [1.82, 2.24) is 4.90 Å². The second kappa shape index (κ2) is 3.53. The lowest BCUT2D eigenvalue weighted by atomic mass is 9.93. The Labute approximate surface area is 104 Å². The Hall–Kier alpha value is -0.430. The fourth-order valence-electron chi connectivity index (χ4n) is 2.39. The zero-order chi connectivity index (χ0) is 12.2. The SMILES string of the molecule is CC1(C)[C@H](C(=O)O)N2C(=O)[C@@H](CBr)[C@H]2S1=O. The van der Waals surface area contributed by atoms with E-state index in [1.54, 1.807) is 13.8 Å². The zero-order valence-electron chi connectivity index (χ0n) is 8.84. The number of carboxylic acids is 1. The molecular formula is C9H12BrNO4S. The van der Waals surface area contributed by atoms with Gasteiger partial charge in [0.2, 0.25) is 5.91 Å². The number of halogens is 1. The molecule has 7 heteroatoms. The second-order valence-electron chi connectivity index (χ2n) is 4.54. The molecule has 2 saturated heterocycles. The summed E-state index contributed by atoms with van der Waals surface area (Å²) in [6.45, 7) is 3.28. The zero-order valence-corrected chi connectivity index (χ0v) is 11.2. The van der Waals surface area contributed by atoms with Gasteiger partial charge in [-0.2, -0.15) is 0 Å². The summed E-state index contributed by atoms with van der Waals surface area (Å²) in [5.74, 6) is -1.64. The van der Waals surface area contributed by atoms with Gasteiger partial charge in [0.1, 0.15) is 11.4 Å². The average molecular weight is 310 g/mol. The molecule has 16 heavy (non-hydrogen) atoms. The van der Waals surface area contributed by atoms with Crippen molar-refractivity contribution in [3.05, 3.63) is 0 Å². The highest BCUT2D eigenvalue weighted by Gasteiger charge is 2.67. The standard InChI is InChI=1S/C9H12BrNO4S/c1-9(2)5(8(13)14)11-6(12)4(3-10)7(11)16(9)15/h4-5,7H,3H2,1-2H3,(H,13,14)/t4-,5+,7-,16?/m1/s1. The van der Waals surface area contributed by atoms with Crippen LogP contribution in [-0.4, -0.2) is 47.6 Å². The van der Waals surface area contributed by atoms with Crippen LogP contribution in [0.15, 0.2) is 0 Å². The van der Waals surface area contributed by atoms with Gasteiger partial charge in [-0.25, -0.2) is 4.79 Å². The van der Waals surface area contributed by atoms with Crippen molar-refractivity contribution < 1.29 is 18.9 Å². The molecule has 0 aliphatic carbocycles. The minimum absolute atomic E-state index is 0.215. The van der Waals surface area contributed by atoms with Gasteiger partial charge in [-0.1, -0.05) is 15.9 Å². The number of fused-ring (bicyclic) bond motifs is 1. The van der Waals surface area contributed by atoms with Gasteiger partial charge < -0.3 is 10.0 Å². The molecule has 2 rings (SSSR count). The molecule has 5 nitrogen and oxygen atoms in total. The molecule has 2 aliphatic rings. The first-order chi connectivity index (χ1) is 7.34. The first-order valence-corrected chi connectivity index (χ1v) is 7.19. The third-order valence-electron chi connectivity index (χ3n) is 3.26. The maximum atomic E-state index is 12.2. The molecule has 0 radical (unpaired) electrons. The van der Waals surface area contributed by atoms with E-state index in [-0.39, 0.29) is 11.8 Å². The molecule has 0 aromatic heterocycles. The minimum Gasteiger partial charge on any atom is -0.480 e. The van der Waals surface area contributed by atoms with E-state index in [0.29, 0.717) is 5.33 Å². The summed E-state index contributed by atoms with van der Waals surface area (Å²) in [7, 11) is -1.33. The molecule has 1 unspecified atom stereocenters. The number of carboxylic acid groups (broad SMARTS) is 1. The van der Waals surface area contributed by atoms with Crippen molar-refractivity contribution in [1.29, 1.82) is 0 Å². The third kappa shape index (κ3) is 1.24. The quantitative estimate of drug-likeness (QED) is 0.582. The molecule has 2 aliphatic heterocycles. The van der Waals surface area contributed by atoms with Crippen LogP contribution in [0.1, 0.15) is 13.8 Å². The molecule has 2 heterocycles. The number of alkyl halides is 1. The summed E-state index contributed by atoms with van der Waals surface area (Å²) in [6.07, 6.45) is 0. The van der Waals surface area contributed by atoms with Crippen LogP contribution >= 0.6 is 15.9 Å². The number of nitrogens with zero attached hydrogens (tertiary/aromatic N) is 1. The molecule has 0 bridgehead atoms. The average Bonchev–Trinajstić information content (AvgIpc) is 2.36. The molecule has 1 amide bonds. The fraction of sp³-hybridized carbons (Fsp3) is 0.778. The summed E-state index contributed by atoms with van der Waals surface area (Å²) >= 11 is 3.20. The van der Waals surface area contributed by atoms with Gasteiger partial charge >= 0.3 is 5.97 Å². The van der Waals surface area contributed by atoms with Crippen LogP contribution in [0.3, 0.4) is 0 Å². The Morgan fingerprint density at radius 3 is 2.62 bits per heavy atom. The molecule has 4 atom stereocenters. The van der Waals surface area contributed by atoms with Crippen molar-refractivity contribution in [3.63, 3.8) is 0 Å². The number of hydrogen-bond acceptors (Lipinski definition) is 3. The van der Waals surface area contributed by atoms with Crippen LogP contribution < -0.4 is 0 Å². The number of rotatable bonds is 2. The monoisotopic (exact) mass is 309 g/mol. The number of aliphatic carboxylic acids is 1. The smallest absolute Gasteiger partial charge is 0.327 e. The highest BCUT2D eigenvalue weighted by Crippen LogP contribution is 2.46. The molecule has 90 valence electrons. The molecule has 0 aromatic rings. The highest BCUT2D eigenvalue weighted by molar-refractivity contribution is 9.09. The minimum atomic E-state index is -1.33. The summed E-state index contributed by atoms with van der Waals surface area (Å²) in [5.41, 5.74) is 0. The van der Waals surface area contributed by atoms with E-state index in [1.807, 2.05) is 0 Å². The Balaban J connectivity index is 2.41. The Kier molecular flexibility index (Phi) is 2.66. The summed E-state index contributed by atoms with van der Waals surface area (Å²) in [5, 5.41) is 9.12. The second-order valence-corrected chi connectivity index (χ2v) is 7.32. The van der Waals surface area contributed by atoms with Crippen LogP contribution in [0.5, 0.6) is 0 Å². The van der Waals surface area contributed by atoms with Gasteiger partial charge in [0.05, 0.1) is 21.5 Å². The summed E-state index contributed by atoms with van der Waals surface area (Å²) in [6, 6.07) is -0.971. The van der Waals surface area contributed by atoms with E-state index in [9.17, 15) is 13.8 Å². The van der Waals surface area contributed by atoms with Crippen LogP contribution in [0, 0.1) is 5.92 Å². The van der Waals surface area contributed by atoms with Crippen molar-refractivity contribution >= 4 is 38.6 Å². The van der Waals surface area contributed by atoms with E-state index in [0.717, 1.165) is 0 Å². The van der Waals surface area contributed by atoms with Crippen LogP contribution in [-0.2, 0) is 20.4 Å². The molecule has 0 aromatic carbocycles. The molecule has 1 N–H and O–H groups in total. The van der Waals surface area contributed by atoms with Gasteiger partial charge in [-0.05, 0) is 13.8 Å². The first kappa shape index (κ1) is 12.0. The lowest BCUT2D eigenvalue weighted by molar-refractivity contribution is -0.162. The van der Waals surface area contributed by atoms with Gasteiger partial charge in [-0.3, -0.25) is 9.00 Å². The van der Waals surface area contributed by atoms with Crippen molar-refractivity contribution in [3.8, 4) is 0 Å². The maximum Gasteiger partial charge on any atom is 0.327 e. The third-order valence-corrected chi connectivity index (χ3v) is 6.22. The molecule has 0 spiro atoms. The van der Waals surface area contributed by atoms with Crippen molar-refractivity contribution in [2.24, 2.45) is 5.92 Å². The number of carbonyl (C=O) groups excluding carboxylic acids is 1. The van der Waals surface area contributed by atoms with Crippen LogP contribution in [0.2, 0.25) is 0 Å². The van der Waals surface area contributed by atoms with Crippen molar-refractivity contribution in [2.45, 2.75) is 30.0 Å². The lowest BCUT2D eigenvalue weighted by Gasteiger charge is -2.42. The molecular weight excluding hydrogens is 298 g/mol. The van der Waals surface area contributed by atoms with Gasteiger partial charge in [0.15, 0.2) is 0 Å². The normalized spacial score (nSPS) is 40.4. The van der Waals surface area contributed by atoms with Crippen LogP contribution in [0.4, 0.5) is 0 Å². The van der Waals surface area contributed by atoms with E-state index < -0.39 is 32.9 Å². The Bertz CT molecular complexity index is 397. The van der Waals surface area contributed by atoms with Gasteiger partial charge in [0.25, 0.3) is 0 Å². The number of hydrogen-bond donors (Lipinski definition) is 1. The largest absolute Gasteiger partial charge is 0.480 e. The maximum absolute atomic E-state index is 12.2. The van der Waals surface area contributed by atoms with E-state index in [1.165, 1.54) is 4.90 Å². The Morgan fingerprint density at radius 2 is 2.19 bits per heavy atom. The van der Waals surface area contributed by atoms with E-state index in [2.05, 4.69) is 15.9 Å². The first-order valence-electron chi connectivity index (χ1n) is 4.85. The van der Waals surface area contributed by atoms with Gasteiger partial charge in [-0.15, -0.1) is 0 Å². The molecule has 2 fully saturated rings. The number of β-lactam (4-membered cyclic amide) rings is 1. The summed E-state index contributed by atoms with van der Waals surface area (Å²) in [4.78, 5) is 24.1. The van der Waals surface area contributed by atoms with Gasteiger partial charge in [0, 0.05) is 5.33 Å². The van der Waals surface area contributed by atoms with E-state index >= 15 is 0 Å². The van der Waals surface area contributed by atoms with Crippen LogP contribution in [0.25, 0.3) is 0 Å². The number of carbonyl (C=O) groups is 2. The predicted octanol–water partition coefficient (Wildman–Crippen LogP) is 0.160. The van der Waals surface area contributed by atoms with E-state index in [4.69, 9.17) is 5.11 Å². The predicted molar refractivity (Wildman–Crippen MR) is 61.6 cm³/mol.